The number of hydrogen-bond donors (Lipinski definition) is 2. The van der Waals surface area contributed by atoms with Gasteiger partial charge in [0.05, 0.1) is 11.3 Å². The maximum Gasteiger partial charge on any atom is 0.317 e. The number of rotatable bonds is 7. The largest absolute Gasteiger partial charge is 0.336 e. The molecule has 2 aliphatic rings. The molecule has 126 valence electrons. The zero-order valence-electron chi connectivity index (χ0n) is 12.7. The van der Waals surface area contributed by atoms with Crippen LogP contribution in [0.4, 0.5) is 9.18 Å². The lowest BCUT2D eigenvalue weighted by Crippen LogP contribution is -2.47. The van der Waals surface area contributed by atoms with Crippen molar-refractivity contribution in [1.82, 2.24) is 14.9 Å². The van der Waals surface area contributed by atoms with Crippen LogP contribution in [-0.4, -0.2) is 50.3 Å². The van der Waals surface area contributed by atoms with Crippen molar-refractivity contribution in [3.63, 3.8) is 0 Å². The quantitative estimate of drug-likeness (QED) is 0.771. The molecule has 1 aromatic rings. The average Bonchev–Trinajstić information content (AvgIpc) is 3.27. The number of carbonyl (C=O) groups is 1. The van der Waals surface area contributed by atoms with Gasteiger partial charge < -0.3 is 10.2 Å². The number of nitrogens with zero attached hydrogens (tertiary/aromatic N) is 1. The van der Waals surface area contributed by atoms with E-state index in [1.807, 2.05) is 0 Å². The van der Waals surface area contributed by atoms with Crippen LogP contribution in [0.15, 0.2) is 24.3 Å². The first-order valence-corrected chi connectivity index (χ1v) is 9.28. The van der Waals surface area contributed by atoms with E-state index in [9.17, 15) is 17.6 Å². The van der Waals surface area contributed by atoms with E-state index in [0.29, 0.717) is 32.4 Å². The molecule has 23 heavy (non-hydrogen) atoms. The molecule has 2 amide bonds. The van der Waals surface area contributed by atoms with Gasteiger partial charge in [0.25, 0.3) is 0 Å². The monoisotopic (exact) mass is 341 g/mol. The molecule has 0 spiro atoms. The summed E-state index contributed by atoms with van der Waals surface area (Å²) in [6, 6.07) is 5.61. The van der Waals surface area contributed by atoms with E-state index in [2.05, 4.69) is 10.0 Å². The second-order valence-corrected chi connectivity index (χ2v) is 8.05. The number of urea groups is 1. The highest BCUT2D eigenvalue weighted by Crippen LogP contribution is 2.27. The number of hydrogen-bond acceptors (Lipinski definition) is 3. The molecule has 0 aromatic heterocycles. The number of halogens is 1. The zero-order chi connectivity index (χ0) is 16.4. The third-order valence-electron chi connectivity index (χ3n) is 4.17. The number of amides is 2. The lowest BCUT2D eigenvalue weighted by atomic mass is 10.0. The van der Waals surface area contributed by atoms with Crippen LogP contribution in [-0.2, 0) is 16.4 Å². The van der Waals surface area contributed by atoms with Gasteiger partial charge in [-0.05, 0) is 37.0 Å². The van der Waals surface area contributed by atoms with Gasteiger partial charge in [0.1, 0.15) is 5.82 Å². The highest BCUT2D eigenvalue weighted by Gasteiger charge is 2.37. The van der Waals surface area contributed by atoms with Gasteiger partial charge in [-0.25, -0.2) is 22.3 Å². The van der Waals surface area contributed by atoms with Crippen molar-refractivity contribution in [2.45, 2.75) is 30.6 Å². The van der Waals surface area contributed by atoms with E-state index in [4.69, 9.17) is 0 Å². The molecule has 2 fully saturated rings. The molecule has 0 unspecified atom stereocenters. The molecule has 1 saturated carbocycles. The van der Waals surface area contributed by atoms with E-state index >= 15 is 0 Å². The number of nitrogens with one attached hydrogen (secondary N) is 2. The van der Waals surface area contributed by atoms with Crippen LogP contribution >= 0.6 is 0 Å². The number of benzene rings is 1. The standard InChI is InChI=1S/C15H20FN3O3S/c16-12-3-1-2-11(8-12)9-13(19-7-6-17-15(19)20)10-18-23(21,22)14-4-5-14/h1-3,8,13-14,18H,4-7,9-10H2,(H,17,20)/t13-/m1/s1. The molecule has 6 nitrogen and oxygen atoms in total. The molecule has 1 aliphatic heterocycles. The van der Waals surface area contributed by atoms with Crippen LogP contribution < -0.4 is 10.0 Å². The van der Waals surface area contributed by atoms with Crippen LogP contribution in [0.5, 0.6) is 0 Å². The fourth-order valence-electron chi connectivity index (χ4n) is 2.77. The molecular weight excluding hydrogens is 321 g/mol. The van der Waals surface area contributed by atoms with Gasteiger partial charge >= 0.3 is 6.03 Å². The Morgan fingerprint density at radius 1 is 1.39 bits per heavy atom. The van der Waals surface area contributed by atoms with E-state index in [1.54, 1.807) is 17.0 Å². The molecule has 2 N–H and O–H groups in total. The Kier molecular flexibility index (Phi) is 4.54. The first kappa shape index (κ1) is 16.2. The van der Waals surface area contributed by atoms with Gasteiger partial charge in [-0.15, -0.1) is 0 Å². The van der Waals surface area contributed by atoms with Crippen molar-refractivity contribution in [2.24, 2.45) is 0 Å². The molecule has 1 aromatic carbocycles. The third-order valence-corrected chi connectivity index (χ3v) is 6.09. The summed E-state index contributed by atoms with van der Waals surface area (Å²) in [6.45, 7) is 1.20. The number of sulfonamides is 1. The fraction of sp³-hybridized carbons (Fsp3) is 0.533. The lowest BCUT2D eigenvalue weighted by molar-refractivity contribution is 0.197. The fourth-order valence-corrected chi connectivity index (χ4v) is 4.19. The molecule has 3 rings (SSSR count). The molecular formula is C15H20FN3O3S. The molecule has 1 heterocycles. The minimum atomic E-state index is -3.31. The molecule has 1 aliphatic carbocycles. The summed E-state index contributed by atoms with van der Waals surface area (Å²) in [6.07, 6.45) is 1.78. The Hall–Kier alpha value is -1.67. The van der Waals surface area contributed by atoms with Gasteiger partial charge in [0.15, 0.2) is 0 Å². The topological polar surface area (TPSA) is 78.5 Å². The average molecular weight is 341 g/mol. The summed E-state index contributed by atoms with van der Waals surface area (Å²) >= 11 is 0. The van der Waals surface area contributed by atoms with Gasteiger partial charge in [-0.2, -0.15) is 0 Å². The molecule has 1 saturated heterocycles. The Labute approximate surface area is 135 Å². The van der Waals surface area contributed by atoms with Crippen molar-refractivity contribution in [3.8, 4) is 0 Å². The van der Waals surface area contributed by atoms with Crippen LogP contribution in [0.2, 0.25) is 0 Å². The first-order chi connectivity index (χ1) is 11.0. The zero-order valence-corrected chi connectivity index (χ0v) is 13.5. The smallest absolute Gasteiger partial charge is 0.317 e. The molecule has 1 atom stereocenters. The van der Waals surface area contributed by atoms with Crippen molar-refractivity contribution in [1.29, 1.82) is 0 Å². The second kappa shape index (κ2) is 6.45. The highest BCUT2D eigenvalue weighted by molar-refractivity contribution is 7.90. The molecule has 0 radical (unpaired) electrons. The van der Waals surface area contributed by atoms with Gasteiger partial charge in [0.2, 0.25) is 10.0 Å². The molecule has 0 bridgehead atoms. The SMILES string of the molecule is O=C1NCCN1[C@@H](CNS(=O)(=O)C1CC1)Cc1cccc(F)c1. The highest BCUT2D eigenvalue weighted by atomic mass is 32.2. The van der Waals surface area contributed by atoms with Crippen molar-refractivity contribution in [3.05, 3.63) is 35.6 Å². The van der Waals surface area contributed by atoms with Crippen LogP contribution in [0.25, 0.3) is 0 Å². The summed E-state index contributed by atoms with van der Waals surface area (Å²) in [7, 11) is -3.31. The van der Waals surface area contributed by atoms with Gasteiger partial charge in [-0.1, -0.05) is 12.1 Å². The van der Waals surface area contributed by atoms with E-state index in [-0.39, 0.29) is 29.7 Å². The predicted molar refractivity (Wildman–Crippen MR) is 83.9 cm³/mol. The Morgan fingerprint density at radius 2 is 2.17 bits per heavy atom. The van der Waals surface area contributed by atoms with Crippen molar-refractivity contribution < 1.29 is 17.6 Å². The Morgan fingerprint density at radius 3 is 2.78 bits per heavy atom. The maximum atomic E-state index is 13.4. The minimum Gasteiger partial charge on any atom is -0.336 e. The lowest BCUT2D eigenvalue weighted by Gasteiger charge is -2.27. The van der Waals surface area contributed by atoms with Gasteiger partial charge in [0, 0.05) is 19.6 Å². The van der Waals surface area contributed by atoms with Crippen LogP contribution in [0.3, 0.4) is 0 Å². The van der Waals surface area contributed by atoms with Crippen molar-refractivity contribution >= 4 is 16.1 Å². The Bertz CT molecular complexity index is 691. The first-order valence-electron chi connectivity index (χ1n) is 7.73. The van der Waals surface area contributed by atoms with E-state index < -0.39 is 10.0 Å². The summed E-state index contributed by atoms with van der Waals surface area (Å²) in [4.78, 5) is 13.5. The van der Waals surface area contributed by atoms with Crippen LogP contribution in [0.1, 0.15) is 18.4 Å². The Balaban J connectivity index is 1.72. The van der Waals surface area contributed by atoms with Gasteiger partial charge in [-0.3, -0.25) is 0 Å². The summed E-state index contributed by atoms with van der Waals surface area (Å²) in [5.74, 6) is -0.342. The normalized spacial score (nSPS) is 19.7. The second-order valence-electron chi connectivity index (χ2n) is 6.01. The van der Waals surface area contributed by atoms with E-state index in [1.165, 1.54) is 12.1 Å². The van der Waals surface area contributed by atoms with Crippen LogP contribution in [0, 0.1) is 5.82 Å². The third kappa shape index (κ3) is 4.00. The summed E-state index contributed by atoms with van der Waals surface area (Å²) in [5, 5.41) is 2.41. The maximum absolute atomic E-state index is 13.4. The summed E-state index contributed by atoms with van der Waals surface area (Å²) < 4.78 is 40.0. The molecule has 8 heteroatoms. The number of carbonyl (C=O) groups excluding carboxylic acids is 1. The van der Waals surface area contributed by atoms with E-state index in [0.717, 1.165) is 5.56 Å². The predicted octanol–water partition coefficient (Wildman–Crippen LogP) is 0.844. The minimum absolute atomic E-state index is 0.142. The summed E-state index contributed by atoms with van der Waals surface area (Å²) in [5.41, 5.74) is 0.736. The van der Waals surface area contributed by atoms with Crippen molar-refractivity contribution in [2.75, 3.05) is 19.6 Å².